The Bertz CT molecular complexity index is 1450. The van der Waals surface area contributed by atoms with Gasteiger partial charge in [0.1, 0.15) is 11.7 Å². The van der Waals surface area contributed by atoms with Crippen molar-refractivity contribution >= 4 is 41.6 Å². The number of esters is 1. The molecule has 41 heavy (non-hydrogen) atoms. The summed E-state index contributed by atoms with van der Waals surface area (Å²) in [5, 5.41) is -0.873. The summed E-state index contributed by atoms with van der Waals surface area (Å²) < 4.78 is 61.1. The number of anilines is 1. The molecule has 0 bridgehead atoms. The first kappa shape index (κ1) is 30.3. The van der Waals surface area contributed by atoms with Gasteiger partial charge in [-0.25, -0.2) is 9.59 Å². The molecule has 0 fully saturated rings. The highest BCUT2D eigenvalue weighted by Gasteiger charge is 2.41. The normalized spacial score (nSPS) is 15.1. The minimum atomic E-state index is -4.94. The number of nitrogens with one attached hydrogen (secondary N) is 1. The molecule has 14 heteroatoms. The fourth-order valence-electron chi connectivity index (χ4n) is 3.95. The second-order valence-corrected chi connectivity index (χ2v) is 11.1. The first-order chi connectivity index (χ1) is 19.2. The van der Waals surface area contributed by atoms with Crippen LogP contribution in [0.15, 0.2) is 53.4 Å². The summed E-state index contributed by atoms with van der Waals surface area (Å²) in [6, 6.07) is 13.3. The third-order valence-electron chi connectivity index (χ3n) is 5.69. The molecular weight excluding hydrogens is 585 g/mol. The summed E-state index contributed by atoms with van der Waals surface area (Å²) in [5.41, 5.74) is -0.571. The van der Waals surface area contributed by atoms with Gasteiger partial charge in [-0.1, -0.05) is 41.9 Å². The number of amides is 1. The molecule has 2 aromatic carbocycles. The van der Waals surface area contributed by atoms with Crippen molar-refractivity contribution in [1.29, 1.82) is 0 Å². The van der Waals surface area contributed by atoms with Crippen LogP contribution in [0.5, 0.6) is 5.88 Å². The Hall–Kier alpha value is -3.71. The lowest BCUT2D eigenvalue weighted by Crippen LogP contribution is -2.42. The summed E-state index contributed by atoms with van der Waals surface area (Å²) in [6.07, 6.45) is -6.59. The number of alkyl halides is 3. The standard InChI is InChI=1S/C27H26ClF3N4O5S/c1-26(2,3)40-25(37)35-13-16-8-5-6-11-18(16)19(14-35)39-22-20(27(29,30)31)21(28)32-24(33-22)34-41-17-10-7-9-15(12-17)23(36)38-4/h5-12,19H,13-14H2,1-4H3,(H,32,33,34). The van der Waals surface area contributed by atoms with Gasteiger partial charge in [0.05, 0.1) is 19.2 Å². The highest BCUT2D eigenvalue weighted by molar-refractivity contribution is 8.00. The van der Waals surface area contributed by atoms with Crippen LogP contribution in [0.3, 0.4) is 0 Å². The van der Waals surface area contributed by atoms with E-state index in [1.54, 1.807) is 63.2 Å². The predicted molar refractivity (Wildman–Crippen MR) is 146 cm³/mol. The number of rotatable bonds is 6. The second-order valence-electron chi connectivity index (χ2n) is 9.91. The van der Waals surface area contributed by atoms with Gasteiger partial charge < -0.3 is 14.2 Å². The molecule has 3 aromatic rings. The molecule has 9 nitrogen and oxygen atoms in total. The fraction of sp³-hybridized carbons (Fsp3) is 0.333. The molecule has 0 spiro atoms. The Morgan fingerprint density at radius 1 is 1.10 bits per heavy atom. The molecule has 1 atom stereocenters. The minimum Gasteiger partial charge on any atom is -0.467 e. The van der Waals surface area contributed by atoms with Crippen molar-refractivity contribution in [3.8, 4) is 5.88 Å². The molecule has 0 radical (unpaired) electrons. The Morgan fingerprint density at radius 3 is 2.51 bits per heavy atom. The molecule has 4 rings (SSSR count). The fourth-order valence-corrected chi connectivity index (χ4v) is 4.86. The minimum absolute atomic E-state index is 0.0946. The van der Waals surface area contributed by atoms with E-state index < -0.39 is 46.5 Å². The summed E-state index contributed by atoms with van der Waals surface area (Å²) >= 11 is 6.95. The molecule has 1 N–H and O–H groups in total. The van der Waals surface area contributed by atoms with E-state index in [1.807, 2.05) is 0 Å². The zero-order chi connectivity index (χ0) is 29.9. The quantitative estimate of drug-likeness (QED) is 0.181. The molecule has 1 unspecified atom stereocenters. The predicted octanol–water partition coefficient (Wildman–Crippen LogP) is 6.93. The Balaban J connectivity index is 1.65. The molecule has 0 aliphatic carbocycles. The van der Waals surface area contributed by atoms with Crippen molar-refractivity contribution < 1.29 is 37.0 Å². The van der Waals surface area contributed by atoms with Gasteiger partial charge in [0.25, 0.3) is 0 Å². The van der Waals surface area contributed by atoms with E-state index >= 15 is 0 Å². The molecule has 2 heterocycles. The average Bonchev–Trinajstić information content (AvgIpc) is 2.89. The second kappa shape index (κ2) is 12.0. The van der Waals surface area contributed by atoms with Crippen LogP contribution < -0.4 is 9.46 Å². The van der Waals surface area contributed by atoms with Gasteiger partial charge in [0.2, 0.25) is 11.8 Å². The summed E-state index contributed by atoms with van der Waals surface area (Å²) in [4.78, 5) is 34.3. The number of carbonyl (C=O) groups excluding carboxylic acids is 2. The molecule has 1 amide bonds. The molecular formula is C27H26ClF3N4O5S. The van der Waals surface area contributed by atoms with E-state index in [1.165, 1.54) is 18.1 Å². The maximum Gasteiger partial charge on any atom is 0.424 e. The Labute approximate surface area is 243 Å². The van der Waals surface area contributed by atoms with Gasteiger partial charge >= 0.3 is 18.2 Å². The van der Waals surface area contributed by atoms with E-state index in [0.29, 0.717) is 16.0 Å². The molecule has 1 aliphatic rings. The number of methoxy groups -OCH3 is 1. The Kier molecular flexibility index (Phi) is 8.88. The van der Waals surface area contributed by atoms with Gasteiger partial charge in [-0.3, -0.25) is 9.62 Å². The van der Waals surface area contributed by atoms with Gasteiger partial charge in [-0.05, 0) is 62.0 Å². The van der Waals surface area contributed by atoms with Crippen molar-refractivity contribution in [2.24, 2.45) is 0 Å². The summed E-state index contributed by atoms with van der Waals surface area (Å²) in [5.74, 6) is -1.63. The number of hydrogen-bond donors (Lipinski definition) is 1. The van der Waals surface area contributed by atoms with Crippen molar-refractivity contribution in [3.63, 3.8) is 0 Å². The topological polar surface area (TPSA) is 103 Å². The summed E-state index contributed by atoms with van der Waals surface area (Å²) in [6.45, 7) is 5.24. The van der Waals surface area contributed by atoms with E-state index in [4.69, 9.17) is 25.8 Å². The van der Waals surface area contributed by atoms with Crippen molar-refractivity contribution in [3.05, 3.63) is 75.9 Å². The van der Waals surface area contributed by atoms with Crippen molar-refractivity contribution in [2.45, 2.75) is 50.1 Å². The van der Waals surface area contributed by atoms with Gasteiger partial charge in [-0.15, -0.1) is 0 Å². The van der Waals surface area contributed by atoms with E-state index in [0.717, 1.165) is 11.9 Å². The number of fused-ring (bicyclic) bond motifs is 1. The lowest BCUT2D eigenvalue weighted by molar-refractivity contribution is -0.140. The molecule has 218 valence electrons. The highest BCUT2D eigenvalue weighted by Crippen LogP contribution is 2.42. The van der Waals surface area contributed by atoms with Crippen LogP contribution in [0.2, 0.25) is 5.15 Å². The van der Waals surface area contributed by atoms with E-state index in [2.05, 4.69) is 14.7 Å². The number of aromatic nitrogens is 2. The molecule has 0 saturated heterocycles. The number of carbonyl (C=O) groups is 2. The van der Waals surface area contributed by atoms with Crippen molar-refractivity contribution in [1.82, 2.24) is 14.9 Å². The van der Waals surface area contributed by atoms with E-state index in [9.17, 15) is 22.8 Å². The Morgan fingerprint density at radius 2 is 1.83 bits per heavy atom. The van der Waals surface area contributed by atoms with Crippen molar-refractivity contribution in [2.75, 3.05) is 18.4 Å². The maximum atomic E-state index is 14.1. The first-order valence-corrected chi connectivity index (χ1v) is 13.4. The van der Waals surface area contributed by atoms with Gasteiger partial charge in [0.15, 0.2) is 10.7 Å². The SMILES string of the molecule is COC(=O)c1cccc(SNc2nc(Cl)c(C(F)(F)F)c(OC3CN(C(=O)OC(C)(C)C)Cc4ccccc43)n2)c1. The zero-order valence-corrected chi connectivity index (χ0v) is 24.0. The van der Waals surface area contributed by atoms with Crippen LogP contribution in [0.4, 0.5) is 23.9 Å². The van der Waals surface area contributed by atoms with Crippen LogP contribution in [-0.4, -0.2) is 46.2 Å². The average molecular weight is 611 g/mol. The van der Waals surface area contributed by atoms with Crippen LogP contribution >= 0.6 is 23.5 Å². The smallest absolute Gasteiger partial charge is 0.424 e. The number of benzene rings is 2. The van der Waals surface area contributed by atoms with Crippen LogP contribution in [-0.2, 0) is 22.2 Å². The maximum absolute atomic E-state index is 14.1. The van der Waals surface area contributed by atoms with E-state index in [-0.39, 0.29) is 24.6 Å². The largest absolute Gasteiger partial charge is 0.467 e. The van der Waals surface area contributed by atoms with Crippen LogP contribution in [0.25, 0.3) is 0 Å². The number of hydrogen-bond acceptors (Lipinski definition) is 9. The molecule has 1 aliphatic heterocycles. The molecule has 0 saturated carbocycles. The van der Waals surface area contributed by atoms with Crippen LogP contribution in [0, 0.1) is 0 Å². The number of ether oxygens (including phenoxy) is 3. The monoisotopic (exact) mass is 610 g/mol. The third kappa shape index (κ3) is 7.53. The zero-order valence-electron chi connectivity index (χ0n) is 22.4. The lowest BCUT2D eigenvalue weighted by atomic mass is 9.97. The lowest BCUT2D eigenvalue weighted by Gasteiger charge is -2.35. The number of nitrogens with zero attached hydrogens (tertiary/aromatic N) is 3. The van der Waals surface area contributed by atoms with Crippen LogP contribution in [0.1, 0.15) is 53.9 Å². The third-order valence-corrected chi connectivity index (χ3v) is 6.73. The van der Waals surface area contributed by atoms with Gasteiger partial charge in [-0.2, -0.15) is 23.1 Å². The molecule has 1 aromatic heterocycles. The number of halogens is 4. The first-order valence-electron chi connectivity index (χ1n) is 12.2. The highest BCUT2D eigenvalue weighted by atomic mass is 35.5. The van der Waals surface area contributed by atoms with Gasteiger partial charge in [0, 0.05) is 11.4 Å². The summed E-state index contributed by atoms with van der Waals surface area (Å²) in [7, 11) is 1.25.